The van der Waals surface area contributed by atoms with Gasteiger partial charge in [-0.1, -0.05) is 6.07 Å². The van der Waals surface area contributed by atoms with Gasteiger partial charge < -0.3 is 36.1 Å². The van der Waals surface area contributed by atoms with Crippen LogP contribution < -0.4 is 21.0 Å². The molecular formula is C22H22BF3N6O8S. The van der Waals surface area contributed by atoms with Crippen LogP contribution in [-0.4, -0.2) is 87.3 Å². The summed E-state index contributed by atoms with van der Waals surface area (Å²) < 4.78 is 45.2. The van der Waals surface area contributed by atoms with Crippen LogP contribution in [0.3, 0.4) is 0 Å². The summed E-state index contributed by atoms with van der Waals surface area (Å²) in [4.78, 5) is 68.4. The number of piperazine rings is 1. The lowest BCUT2D eigenvalue weighted by Gasteiger charge is -2.33. The molecule has 6 N–H and O–H groups in total. The molecule has 4 rings (SSSR count). The van der Waals surface area contributed by atoms with Crippen LogP contribution in [0.2, 0.25) is 0 Å². The van der Waals surface area contributed by atoms with Gasteiger partial charge in [0, 0.05) is 25.0 Å². The van der Waals surface area contributed by atoms with E-state index in [1.807, 2.05) is 0 Å². The summed E-state index contributed by atoms with van der Waals surface area (Å²) in [6, 6.07) is -1.14. The molecule has 0 radical (unpaired) electrons. The first kappa shape index (κ1) is 29.6. The number of rotatable bonds is 6. The molecule has 0 spiro atoms. The molecule has 2 atom stereocenters. The second-order valence-electron chi connectivity index (χ2n) is 8.94. The molecule has 41 heavy (non-hydrogen) atoms. The Labute approximate surface area is 233 Å². The molecule has 0 aliphatic carbocycles. The van der Waals surface area contributed by atoms with E-state index in [9.17, 15) is 47.3 Å². The molecule has 1 fully saturated rings. The summed E-state index contributed by atoms with van der Waals surface area (Å²) in [5.41, 5.74) is 2.91. The zero-order chi connectivity index (χ0) is 30.2. The summed E-state index contributed by atoms with van der Waals surface area (Å²) >= 11 is 0.934. The predicted molar refractivity (Wildman–Crippen MR) is 134 cm³/mol. The summed E-state index contributed by atoms with van der Waals surface area (Å²) in [5, 5.41) is 26.0. The molecule has 1 unspecified atom stereocenters. The first-order valence-electron chi connectivity index (χ1n) is 12.0. The maximum Gasteiger partial charge on any atom is 0.547 e. The SMILES string of the molecule is CCN1CCN(C(=O)NC(C(=O)N[C@H]2Cc3ccc(C(F)(F)F)c(C(=O)O)c3OB2O)c2csc(N)n2)C(=O)C1=O. The van der Waals surface area contributed by atoms with Gasteiger partial charge in [-0.2, -0.15) is 13.2 Å². The van der Waals surface area contributed by atoms with E-state index in [0.29, 0.717) is 11.0 Å². The lowest BCUT2D eigenvalue weighted by Crippen LogP contribution is -2.60. The van der Waals surface area contributed by atoms with E-state index in [2.05, 4.69) is 15.6 Å². The largest absolute Gasteiger partial charge is 0.547 e. The Bertz CT molecular complexity index is 1420. The highest BCUT2D eigenvalue weighted by atomic mass is 32.1. The normalized spacial score (nSPS) is 18.0. The van der Waals surface area contributed by atoms with Crippen molar-refractivity contribution in [2.75, 3.05) is 25.4 Å². The number of nitrogen functional groups attached to an aromatic ring is 1. The van der Waals surface area contributed by atoms with Gasteiger partial charge in [0.1, 0.15) is 11.3 Å². The fraction of sp³-hybridized carbons (Fsp3) is 0.364. The molecule has 0 bridgehead atoms. The number of halogens is 3. The second-order valence-corrected chi connectivity index (χ2v) is 9.83. The van der Waals surface area contributed by atoms with Crippen molar-refractivity contribution in [2.24, 2.45) is 0 Å². The Balaban J connectivity index is 1.56. The number of carbonyl (C=O) groups excluding carboxylic acids is 4. The number of carbonyl (C=O) groups is 5. The highest BCUT2D eigenvalue weighted by Crippen LogP contribution is 2.40. The number of carboxylic acids is 1. The second kappa shape index (κ2) is 11.2. The third kappa shape index (κ3) is 5.90. The summed E-state index contributed by atoms with van der Waals surface area (Å²) in [5.74, 6) is -6.91. The highest BCUT2D eigenvalue weighted by Gasteiger charge is 2.44. The number of benzene rings is 1. The summed E-state index contributed by atoms with van der Waals surface area (Å²) in [7, 11) is -1.98. The molecule has 1 saturated heterocycles. The summed E-state index contributed by atoms with van der Waals surface area (Å²) in [6.07, 6.45) is -5.36. The Kier molecular flexibility index (Phi) is 8.11. The minimum atomic E-state index is -5.02. The fourth-order valence-corrected chi connectivity index (χ4v) is 4.97. The minimum absolute atomic E-state index is 0.0338. The van der Waals surface area contributed by atoms with Crippen LogP contribution in [-0.2, 0) is 27.0 Å². The number of amides is 5. The highest BCUT2D eigenvalue weighted by molar-refractivity contribution is 7.13. The molecule has 2 aliphatic heterocycles. The number of nitrogens with two attached hydrogens (primary N) is 1. The van der Waals surface area contributed by atoms with E-state index in [1.165, 1.54) is 10.3 Å². The minimum Gasteiger partial charge on any atom is -0.534 e. The standard InChI is InChI=1S/C22H22BF3N6O8S/c1-2-31-5-6-32(18(35)17(31)34)21(38)30-14(11-8-41-20(27)28-11)16(33)29-12-7-9-3-4-10(22(24,25)26)13(19(36)37)15(9)40-23(12)39/h3-4,8,12,14,39H,2,5-7H2,1H3,(H2,27,28)(H,29,33)(H,30,38)(H,36,37)/t12-,14?/m0/s1. The van der Waals surface area contributed by atoms with Gasteiger partial charge in [-0.3, -0.25) is 19.3 Å². The molecule has 1 aromatic carbocycles. The number of fused-ring (bicyclic) bond motifs is 1. The smallest absolute Gasteiger partial charge is 0.534 e. The topological polar surface area (TPSA) is 204 Å². The Morgan fingerprint density at radius 2 is 1.98 bits per heavy atom. The van der Waals surface area contributed by atoms with Crippen LogP contribution in [0.15, 0.2) is 17.5 Å². The maximum absolute atomic E-state index is 13.4. The van der Waals surface area contributed by atoms with Crippen molar-refractivity contribution >= 4 is 53.3 Å². The lowest BCUT2D eigenvalue weighted by molar-refractivity contribution is -0.153. The molecule has 19 heteroatoms. The van der Waals surface area contributed by atoms with Crippen LogP contribution in [0, 0.1) is 0 Å². The first-order valence-corrected chi connectivity index (χ1v) is 12.8. The zero-order valence-electron chi connectivity index (χ0n) is 21.1. The number of urea groups is 1. The van der Waals surface area contributed by atoms with Crippen molar-refractivity contribution in [3.63, 3.8) is 0 Å². The van der Waals surface area contributed by atoms with Gasteiger partial charge in [-0.15, -0.1) is 11.3 Å². The van der Waals surface area contributed by atoms with Gasteiger partial charge in [-0.05, 0) is 25.0 Å². The van der Waals surface area contributed by atoms with E-state index in [4.69, 9.17) is 10.4 Å². The van der Waals surface area contributed by atoms with Crippen molar-refractivity contribution < 1.29 is 51.9 Å². The number of nitrogens with zero attached hydrogens (tertiary/aromatic N) is 3. The fourth-order valence-electron chi connectivity index (χ4n) is 4.38. The summed E-state index contributed by atoms with van der Waals surface area (Å²) in [6.45, 7) is 1.85. The van der Waals surface area contributed by atoms with Crippen molar-refractivity contribution in [2.45, 2.75) is 31.5 Å². The van der Waals surface area contributed by atoms with Gasteiger partial charge in [-0.25, -0.2) is 14.6 Å². The molecule has 2 aliphatic rings. The maximum atomic E-state index is 13.4. The molecule has 14 nitrogen and oxygen atoms in total. The van der Waals surface area contributed by atoms with Crippen molar-refractivity contribution in [1.29, 1.82) is 0 Å². The van der Waals surface area contributed by atoms with E-state index < -0.39 is 71.9 Å². The number of likely N-dealkylation sites (N-methyl/N-ethyl adjacent to an activating group) is 1. The van der Waals surface area contributed by atoms with Crippen molar-refractivity contribution in [3.05, 3.63) is 39.9 Å². The first-order chi connectivity index (χ1) is 19.2. The molecule has 0 saturated carbocycles. The molecule has 3 heterocycles. The Morgan fingerprint density at radius 3 is 2.56 bits per heavy atom. The van der Waals surface area contributed by atoms with Crippen LogP contribution in [0.4, 0.5) is 23.1 Å². The third-order valence-electron chi connectivity index (χ3n) is 6.41. The van der Waals surface area contributed by atoms with Crippen LogP contribution in [0.1, 0.15) is 40.1 Å². The molecule has 5 amide bonds. The number of imide groups is 1. The van der Waals surface area contributed by atoms with Crippen LogP contribution in [0.5, 0.6) is 5.75 Å². The van der Waals surface area contributed by atoms with Crippen molar-refractivity contribution in [1.82, 2.24) is 25.4 Å². The number of thiazole rings is 1. The van der Waals surface area contributed by atoms with Gasteiger partial charge in [0.25, 0.3) is 0 Å². The van der Waals surface area contributed by atoms with E-state index in [0.717, 1.165) is 17.4 Å². The van der Waals surface area contributed by atoms with Crippen molar-refractivity contribution in [3.8, 4) is 5.75 Å². The zero-order valence-corrected chi connectivity index (χ0v) is 21.9. The van der Waals surface area contributed by atoms with E-state index in [1.54, 1.807) is 6.92 Å². The number of hydrogen-bond donors (Lipinski definition) is 5. The number of alkyl halides is 3. The lowest BCUT2D eigenvalue weighted by atomic mass is 9.72. The number of aromatic carboxylic acids is 1. The number of aromatic nitrogens is 1. The monoisotopic (exact) mass is 598 g/mol. The van der Waals surface area contributed by atoms with Gasteiger partial charge in [0.15, 0.2) is 11.2 Å². The quantitative estimate of drug-likeness (QED) is 0.223. The third-order valence-corrected chi connectivity index (χ3v) is 7.10. The van der Waals surface area contributed by atoms with Gasteiger partial charge in [0.2, 0.25) is 5.91 Å². The van der Waals surface area contributed by atoms with E-state index >= 15 is 0 Å². The Hall–Kier alpha value is -4.39. The molecule has 218 valence electrons. The molecular weight excluding hydrogens is 576 g/mol. The molecule has 2 aromatic rings. The van der Waals surface area contributed by atoms with Crippen LogP contribution >= 0.6 is 11.3 Å². The number of nitrogens with one attached hydrogen (secondary N) is 2. The average molecular weight is 598 g/mol. The average Bonchev–Trinajstić information content (AvgIpc) is 3.33. The number of anilines is 1. The van der Waals surface area contributed by atoms with E-state index in [-0.39, 0.29) is 42.4 Å². The predicted octanol–water partition coefficient (Wildman–Crippen LogP) is 0.0233. The number of carboxylic acid groups (broad SMARTS) is 1. The van der Waals surface area contributed by atoms with Crippen LogP contribution in [0.25, 0.3) is 0 Å². The molecule has 1 aromatic heterocycles. The van der Waals surface area contributed by atoms with Gasteiger partial charge in [0.05, 0.1) is 17.2 Å². The van der Waals surface area contributed by atoms with Gasteiger partial charge >= 0.3 is 37.1 Å². The number of hydrogen-bond acceptors (Lipinski definition) is 10. The Morgan fingerprint density at radius 1 is 1.27 bits per heavy atom.